The van der Waals surface area contributed by atoms with Gasteiger partial charge in [0, 0.05) is 13.1 Å². The van der Waals surface area contributed by atoms with Gasteiger partial charge in [0.15, 0.2) is 0 Å². The van der Waals surface area contributed by atoms with E-state index in [1.54, 1.807) is 16.1 Å². The maximum Gasteiger partial charge on any atom is 0.329 e. The Morgan fingerprint density at radius 3 is 2.33 bits per heavy atom. The predicted molar refractivity (Wildman–Crippen MR) is 70.2 cm³/mol. The number of nitrogens with zero attached hydrogens (tertiary/aromatic N) is 2. The van der Waals surface area contributed by atoms with Gasteiger partial charge in [-0.05, 0) is 19.1 Å². The van der Waals surface area contributed by atoms with Crippen molar-refractivity contribution in [1.29, 1.82) is 0 Å². The molecular weight excluding hydrogens is 230 g/mol. The minimum atomic E-state index is -0.393. The van der Waals surface area contributed by atoms with E-state index in [0.717, 1.165) is 11.0 Å². The highest BCUT2D eigenvalue weighted by Gasteiger charge is 2.16. The third kappa shape index (κ3) is 1.92. The Labute approximate surface area is 105 Å². The lowest BCUT2D eigenvalue weighted by atomic mass is 10.1. The summed E-state index contributed by atoms with van der Waals surface area (Å²) in [4.78, 5) is 23.4. The van der Waals surface area contributed by atoms with Gasteiger partial charge >= 0.3 is 5.69 Å². The van der Waals surface area contributed by atoms with E-state index in [1.165, 1.54) is 0 Å². The van der Waals surface area contributed by atoms with E-state index >= 15 is 0 Å². The van der Waals surface area contributed by atoms with Crippen molar-refractivity contribution in [2.75, 3.05) is 0 Å². The number of aryl methyl sites for hydroxylation is 1. The molecule has 1 amide bonds. The summed E-state index contributed by atoms with van der Waals surface area (Å²) in [6, 6.07) is 7.57. The second-order valence-corrected chi connectivity index (χ2v) is 4.43. The molecule has 0 aliphatic heterocycles. The summed E-state index contributed by atoms with van der Waals surface area (Å²) in [6.07, 6.45) is 0. The third-order valence-electron chi connectivity index (χ3n) is 3.18. The molecule has 18 heavy (non-hydrogen) atoms. The molecule has 2 rings (SSSR count). The van der Waals surface area contributed by atoms with Gasteiger partial charge in [-0.1, -0.05) is 19.1 Å². The number of amides is 1. The van der Waals surface area contributed by atoms with E-state index in [4.69, 9.17) is 5.73 Å². The van der Waals surface area contributed by atoms with Crippen LogP contribution in [0, 0.1) is 5.92 Å². The lowest BCUT2D eigenvalue weighted by Crippen LogP contribution is -2.30. The second-order valence-electron chi connectivity index (χ2n) is 4.43. The monoisotopic (exact) mass is 247 g/mol. The van der Waals surface area contributed by atoms with E-state index in [2.05, 4.69) is 0 Å². The minimum Gasteiger partial charge on any atom is -0.369 e. The van der Waals surface area contributed by atoms with Crippen LogP contribution in [0.2, 0.25) is 0 Å². The summed E-state index contributed by atoms with van der Waals surface area (Å²) in [5.74, 6) is -0.756. The number of fused-ring (bicyclic) bond motifs is 1. The van der Waals surface area contributed by atoms with Crippen LogP contribution in [0.4, 0.5) is 0 Å². The highest BCUT2D eigenvalue weighted by atomic mass is 16.2. The van der Waals surface area contributed by atoms with E-state index < -0.39 is 5.91 Å². The lowest BCUT2D eigenvalue weighted by Gasteiger charge is -2.07. The number of primary amides is 1. The van der Waals surface area contributed by atoms with Crippen molar-refractivity contribution in [2.24, 2.45) is 11.7 Å². The summed E-state index contributed by atoms with van der Waals surface area (Å²) in [5, 5.41) is 0. The number of para-hydroxylation sites is 2. The first-order valence-corrected chi connectivity index (χ1v) is 6.03. The number of carbonyl (C=O) groups is 1. The Bertz CT molecular complexity index is 639. The molecule has 1 aromatic carbocycles. The molecule has 96 valence electrons. The average molecular weight is 247 g/mol. The van der Waals surface area contributed by atoms with Crippen molar-refractivity contribution in [1.82, 2.24) is 9.13 Å². The number of hydrogen-bond donors (Lipinski definition) is 1. The SMILES string of the molecule is CCn1c(=O)n(CC(C)C(N)=O)c2ccccc21. The molecule has 0 spiro atoms. The summed E-state index contributed by atoms with van der Waals surface area (Å²) in [7, 11) is 0. The van der Waals surface area contributed by atoms with Crippen LogP contribution in [-0.4, -0.2) is 15.0 Å². The molecule has 1 aromatic heterocycles. The smallest absolute Gasteiger partial charge is 0.329 e. The molecule has 1 heterocycles. The van der Waals surface area contributed by atoms with Crippen molar-refractivity contribution in [3.63, 3.8) is 0 Å². The quantitative estimate of drug-likeness (QED) is 0.873. The standard InChI is InChI=1S/C13H17N3O2/c1-3-15-10-6-4-5-7-11(10)16(13(15)18)8-9(2)12(14)17/h4-7,9H,3,8H2,1-2H3,(H2,14,17). The molecule has 2 N–H and O–H groups in total. The molecule has 0 saturated heterocycles. The normalized spacial score (nSPS) is 12.8. The van der Waals surface area contributed by atoms with Gasteiger partial charge in [-0.25, -0.2) is 4.79 Å². The predicted octanol–water partition coefficient (Wildman–Crippen LogP) is 0.944. The zero-order valence-electron chi connectivity index (χ0n) is 10.6. The molecule has 0 bridgehead atoms. The fourth-order valence-electron chi connectivity index (χ4n) is 2.12. The molecule has 1 atom stereocenters. The Balaban J connectivity index is 2.60. The van der Waals surface area contributed by atoms with Crippen LogP contribution in [-0.2, 0) is 17.9 Å². The number of hydrogen-bond acceptors (Lipinski definition) is 2. The van der Waals surface area contributed by atoms with Crippen LogP contribution in [0.1, 0.15) is 13.8 Å². The van der Waals surface area contributed by atoms with Gasteiger partial charge in [-0.15, -0.1) is 0 Å². The Morgan fingerprint density at radius 1 is 1.28 bits per heavy atom. The van der Waals surface area contributed by atoms with Crippen LogP contribution in [0.25, 0.3) is 11.0 Å². The minimum absolute atomic E-state index is 0.0909. The first kappa shape index (κ1) is 12.4. The summed E-state index contributed by atoms with van der Waals surface area (Å²) in [5.41, 5.74) is 6.90. The van der Waals surface area contributed by atoms with Gasteiger partial charge in [0.2, 0.25) is 5.91 Å². The molecule has 5 heteroatoms. The Hall–Kier alpha value is -2.04. The highest BCUT2D eigenvalue weighted by molar-refractivity contribution is 5.78. The van der Waals surface area contributed by atoms with E-state index in [9.17, 15) is 9.59 Å². The van der Waals surface area contributed by atoms with Crippen molar-refractivity contribution in [3.05, 3.63) is 34.7 Å². The molecule has 0 fully saturated rings. The zero-order chi connectivity index (χ0) is 13.3. The van der Waals surface area contributed by atoms with Gasteiger partial charge in [0.1, 0.15) is 0 Å². The number of imidazole rings is 1. The van der Waals surface area contributed by atoms with Crippen LogP contribution >= 0.6 is 0 Å². The number of nitrogens with two attached hydrogens (primary N) is 1. The largest absolute Gasteiger partial charge is 0.369 e. The maximum atomic E-state index is 12.3. The Morgan fingerprint density at radius 2 is 1.83 bits per heavy atom. The maximum absolute atomic E-state index is 12.3. The molecule has 1 unspecified atom stereocenters. The van der Waals surface area contributed by atoms with Crippen molar-refractivity contribution < 1.29 is 4.79 Å². The molecular formula is C13H17N3O2. The average Bonchev–Trinajstić information content (AvgIpc) is 2.62. The van der Waals surface area contributed by atoms with Gasteiger partial charge < -0.3 is 5.73 Å². The summed E-state index contributed by atoms with van der Waals surface area (Å²) < 4.78 is 3.32. The lowest BCUT2D eigenvalue weighted by molar-refractivity contribution is -0.121. The van der Waals surface area contributed by atoms with Gasteiger partial charge in [-0.3, -0.25) is 13.9 Å². The molecule has 0 aliphatic carbocycles. The molecule has 0 saturated carbocycles. The van der Waals surface area contributed by atoms with Crippen LogP contribution < -0.4 is 11.4 Å². The number of carbonyl (C=O) groups excluding carboxylic acids is 1. The first-order chi connectivity index (χ1) is 8.56. The topological polar surface area (TPSA) is 70.0 Å². The zero-order valence-corrected chi connectivity index (χ0v) is 10.6. The molecule has 5 nitrogen and oxygen atoms in total. The van der Waals surface area contributed by atoms with Gasteiger partial charge in [0.05, 0.1) is 17.0 Å². The van der Waals surface area contributed by atoms with Crippen molar-refractivity contribution in [2.45, 2.75) is 26.9 Å². The van der Waals surface area contributed by atoms with Gasteiger partial charge in [0.25, 0.3) is 0 Å². The number of rotatable bonds is 4. The van der Waals surface area contributed by atoms with Crippen molar-refractivity contribution in [3.8, 4) is 0 Å². The number of aromatic nitrogens is 2. The molecule has 0 aliphatic rings. The van der Waals surface area contributed by atoms with Crippen LogP contribution in [0.15, 0.2) is 29.1 Å². The van der Waals surface area contributed by atoms with E-state index in [1.807, 2.05) is 31.2 Å². The summed E-state index contributed by atoms with van der Waals surface area (Å²) in [6.45, 7) is 4.58. The van der Waals surface area contributed by atoms with E-state index in [-0.39, 0.29) is 11.6 Å². The van der Waals surface area contributed by atoms with Crippen LogP contribution in [0.5, 0.6) is 0 Å². The molecule has 2 aromatic rings. The second kappa shape index (κ2) is 4.68. The van der Waals surface area contributed by atoms with Crippen LogP contribution in [0.3, 0.4) is 0 Å². The van der Waals surface area contributed by atoms with Crippen molar-refractivity contribution >= 4 is 16.9 Å². The molecule has 0 radical (unpaired) electrons. The number of benzene rings is 1. The first-order valence-electron chi connectivity index (χ1n) is 6.03. The third-order valence-corrected chi connectivity index (χ3v) is 3.18. The Kier molecular flexibility index (Phi) is 3.23. The highest BCUT2D eigenvalue weighted by Crippen LogP contribution is 2.14. The fourth-order valence-corrected chi connectivity index (χ4v) is 2.12. The van der Waals surface area contributed by atoms with Gasteiger partial charge in [-0.2, -0.15) is 0 Å². The van der Waals surface area contributed by atoms with E-state index in [0.29, 0.717) is 13.1 Å². The fraction of sp³-hybridized carbons (Fsp3) is 0.385. The summed E-state index contributed by atoms with van der Waals surface area (Å²) >= 11 is 0.